The molecule has 0 saturated heterocycles. The number of hydrogen-bond donors (Lipinski definition) is 2. The molecule has 0 aliphatic heterocycles. The van der Waals surface area contributed by atoms with Crippen molar-refractivity contribution < 1.29 is 31.1 Å². The first-order valence-corrected chi connectivity index (χ1v) is 12.2. The van der Waals surface area contributed by atoms with Crippen LogP contribution >= 0.6 is 15.9 Å². The molecular weight excluding hydrogens is 537 g/mol. The van der Waals surface area contributed by atoms with E-state index < -0.39 is 28.0 Å². The summed E-state index contributed by atoms with van der Waals surface area (Å²) in [7, 11) is -4.19. The van der Waals surface area contributed by atoms with E-state index in [4.69, 9.17) is 0 Å². The first kappa shape index (κ1) is 25.6. The summed E-state index contributed by atoms with van der Waals surface area (Å²) in [5.74, 6) is -1.04. The minimum atomic E-state index is -4.89. The standard InChI is InChI=1S/C23H20BrF3N2O4S/c1-15-4-2-3-5-16(15)12-13-28-22(30)20-14-17(24)6-11-21(20)29-34(31,32)19-9-7-18(8-10-19)33-23(25,26)27/h2-11,14,29H,12-13H2,1H3,(H,28,30). The molecule has 11 heteroatoms. The smallest absolute Gasteiger partial charge is 0.406 e. The number of nitrogens with one attached hydrogen (secondary N) is 2. The molecule has 3 rings (SSSR count). The number of sulfonamides is 1. The van der Waals surface area contributed by atoms with Crippen molar-refractivity contribution in [2.75, 3.05) is 11.3 Å². The first-order valence-electron chi connectivity index (χ1n) is 9.95. The van der Waals surface area contributed by atoms with Crippen LogP contribution in [0.5, 0.6) is 5.75 Å². The van der Waals surface area contributed by atoms with Crippen molar-refractivity contribution in [1.82, 2.24) is 5.32 Å². The van der Waals surface area contributed by atoms with Gasteiger partial charge in [-0.15, -0.1) is 13.2 Å². The third-order valence-corrected chi connectivity index (χ3v) is 6.65. The van der Waals surface area contributed by atoms with Crippen LogP contribution in [0.1, 0.15) is 21.5 Å². The van der Waals surface area contributed by atoms with Crippen LogP contribution in [0, 0.1) is 6.92 Å². The second-order valence-electron chi connectivity index (χ2n) is 7.25. The van der Waals surface area contributed by atoms with Gasteiger partial charge in [0.25, 0.3) is 15.9 Å². The Bertz CT molecular complexity index is 1280. The zero-order valence-corrected chi connectivity index (χ0v) is 20.2. The van der Waals surface area contributed by atoms with Gasteiger partial charge in [-0.1, -0.05) is 40.2 Å². The van der Waals surface area contributed by atoms with Gasteiger partial charge in [0.15, 0.2) is 0 Å². The third-order valence-electron chi connectivity index (χ3n) is 4.78. The summed E-state index contributed by atoms with van der Waals surface area (Å²) >= 11 is 3.27. The molecule has 0 radical (unpaired) electrons. The Morgan fingerprint density at radius 1 is 1.03 bits per heavy atom. The largest absolute Gasteiger partial charge is 0.573 e. The van der Waals surface area contributed by atoms with Crippen molar-refractivity contribution in [3.63, 3.8) is 0 Å². The number of amides is 1. The van der Waals surface area contributed by atoms with Gasteiger partial charge in [0, 0.05) is 11.0 Å². The Kier molecular flexibility index (Phi) is 7.88. The van der Waals surface area contributed by atoms with Crippen LogP contribution in [0.15, 0.2) is 76.1 Å². The van der Waals surface area contributed by atoms with E-state index in [2.05, 4.69) is 30.7 Å². The van der Waals surface area contributed by atoms with Gasteiger partial charge in [-0.2, -0.15) is 0 Å². The molecule has 0 atom stereocenters. The van der Waals surface area contributed by atoms with Crippen LogP contribution in [0.4, 0.5) is 18.9 Å². The lowest BCUT2D eigenvalue weighted by Gasteiger charge is -2.14. The van der Waals surface area contributed by atoms with Crippen LogP contribution in [0.3, 0.4) is 0 Å². The number of hydrogen-bond acceptors (Lipinski definition) is 4. The summed E-state index contributed by atoms with van der Waals surface area (Å²) < 4.78 is 69.2. The van der Waals surface area contributed by atoms with E-state index in [1.54, 1.807) is 6.07 Å². The Balaban J connectivity index is 1.74. The molecule has 34 heavy (non-hydrogen) atoms. The summed E-state index contributed by atoms with van der Waals surface area (Å²) in [5.41, 5.74) is 2.28. The zero-order valence-electron chi connectivity index (χ0n) is 17.8. The molecule has 6 nitrogen and oxygen atoms in total. The van der Waals surface area contributed by atoms with E-state index in [0.29, 0.717) is 17.4 Å². The second-order valence-corrected chi connectivity index (χ2v) is 9.85. The van der Waals surface area contributed by atoms with Crippen LogP contribution in [-0.4, -0.2) is 27.2 Å². The number of anilines is 1. The molecule has 0 saturated carbocycles. The highest BCUT2D eigenvalue weighted by Gasteiger charge is 2.31. The molecule has 0 aliphatic rings. The summed E-state index contributed by atoms with van der Waals surface area (Å²) in [6.45, 7) is 2.31. The van der Waals surface area contributed by atoms with Crippen LogP contribution in [0.25, 0.3) is 0 Å². The Morgan fingerprint density at radius 3 is 2.35 bits per heavy atom. The topological polar surface area (TPSA) is 84.5 Å². The van der Waals surface area contributed by atoms with Gasteiger partial charge in [-0.25, -0.2) is 8.42 Å². The highest BCUT2D eigenvalue weighted by atomic mass is 79.9. The SMILES string of the molecule is Cc1ccccc1CCNC(=O)c1cc(Br)ccc1NS(=O)(=O)c1ccc(OC(F)(F)F)cc1. The van der Waals surface area contributed by atoms with Gasteiger partial charge in [-0.3, -0.25) is 9.52 Å². The first-order chi connectivity index (χ1) is 15.9. The fourth-order valence-electron chi connectivity index (χ4n) is 3.11. The summed E-state index contributed by atoms with van der Waals surface area (Å²) in [4.78, 5) is 12.5. The molecule has 0 spiro atoms. The molecule has 3 aromatic carbocycles. The van der Waals surface area contributed by atoms with Crippen LogP contribution in [0.2, 0.25) is 0 Å². The number of halogens is 4. The number of carbonyl (C=O) groups excluding carboxylic acids is 1. The predicted octanol–water partition coefficient (Wildman–Crippen LogP) is 5.43. The predicted molar refractivity (Wildman–Crippen MR) is 125 cm³/mol. The third kappa shape index (κ3) is 6.97. The zero-order chi connectivity index (χ0) is 24.9. The normalized spacial score (nSPS) is 11.7. The molecule has 1 amide bonds. The molecule has 0 aliphatic carbocycles. The second kappa shape index (κ2) is 10.5. The molecule has 2 N–H and O–H groups in total. The van der Waals surface area contributed by atoms with E-state index >= 15 is 0 Å². The quantitative estimate of drug-likeness (QED) is 0.387. The summed E-state index contributed by atoms with van der Waals surface area (Å²) in [6.07, 6.45) is -4.29. The number of rotatable bonds is 8. The van der Waals surface area contributed by atoms with Crippen molar-refractivity contribution in [2.45, 2.75) is 24.6 Å². The van der Waals surface area contributed by atoms with Gasteiger partial charge in [0.1, 0.15) is 5.75 Å². The van der Waals surface area contributed by atoms with Crippen molar-refractivity contribution >= 4 is 37.5 Å². The lowest BCUT2D eigenvalue weighted by atomic mass is 10.1. The van der Waals surface area contributed by atoms with Crippen molar-refractivity contribution in [3.05, 3.63) is 87.9 Å². The number of benzene rings is 3. The van der Waals surface area contributed by atoms with Gasteiger partial charge in [0.05, 0.1) is 16.1 Å². The Labute approximate surface area is 203 Å². The molecular formula is C23H20BrF3N2O4S. The van der Waals surface area contributed by atoms with E-state index in [9.17, 15) is 26.4 Å². The van der Waals surface area contributed by atoms with Crippen LogP contribution in [-0.2, 0) is 16.4 Å². The number of alkyl halides is 3. The highest BCUT2D eigenvalue weighted by Crippen LogP contribution is 2.27. The lowest BCUT2D eigenvalue weighted by Crippen LogP contribution is -2.27. The minimum Gasteiger partial charge on any atom is -0.406 e. The maximum Gasteiger partial charge on any atom is 0.573 e. The number of ether oxygens (including phenoxy) is 1. The lowest BCUT2D eigenvalue weighted by molar-refractivity contribution is -0.274. The van der Waals surface area contributed by atoms with Crippen LogP contribution < -0.4 is 14.8 Å². The van der Waals surface area contributed by atoms with Gasteiger partial charge in [-0.05, 0) is 66.9 Å². The van der Waals surface area contributed by atoms with Crippen molar-refractivity contribution in [3.8, 4) is 5.75 Å². The summed E-state index contributed by atoms with van der Waals surface area (Å²) in [6, 6.07) is 16.0. The number of aryl methyl sites for hydroxylation is 1. The molecule has 0 heterocycles. The number of carbonyl (C=O) groups is 1. The maximum atomic E-state index is 12.8. The van der Waals surface area contributed by atoms with E-state index in [-0.39, 0.29) is 16.1 Å². The summed E-state index contributed by atoms with van der Waals surface area (Å²) in [5, 5.41) is 2.78. The average Bonchev–Trinajstić information content (AvgIpc) is 2.75. The Hall–Kier alpha value is -3.05. The van der Waals surface area contributed by atoms with Gasteiger partial charge in [0.2, 0.25) is 0 Å². The van der Waals surface area contributed by atoms with Gasteiger partial charge >= 0.3 is 6.36 Å². The minimum absolute atomic E-state index is 0.0206. The average molecular weight is 557 g/mol. The highest BCUT2D eigenvalue weighted by molar-refractivity contribution is 9.10. The molecule has 0 fully saturated rings. The monoisotopic (exact) mass is 556 g/mol. The molecule has 0 bridgehead atoms. The fraction of sp³-hybridized carbons (Fsp3) is 0.174. The van der Waals surface area contributed by atoms with E-state index in [1.165, 1.54) is 12.1 Å². The maximum absolute atomic E-state index is 12.8. The molecule has 0 unspecified atom stereocenters. The van der Waals surface area contributed by atoms with E-state index in [1.807, 2.05) is 31.2 Å². The fourth-order valence-corrected chi connectivity index (χ4v) is 4.55. The van der Waals surface area contributed by atoms with Crippen molar-refractivity contribution in [2.24, 2.45) is 0 Å². The molecule has 0 aromatic heterocycles. The van der Waals surface area contributed by atoms with E-state index in [0.717, 1.165) is 35.4 Å². The molecule has 180 valence electrons. The Morgan fingerprint density at radius 2 is 1.71 bits per heavy atom. The molecule has 3 aromatic rings. The van der Waals surface area contributed by atoms with Crippen molar-refractivity contribution in [1.29, 1.82) is 0 Å². The van der Waals surface area contributed by atoms with Gasteiger partial charge < -0.3 is 10.1 Å².